The molecule has 0 aromatic carbocycles. The fourth-order valence-corrected chi connectivity index (χ4v) is 9.66. The normalized spacial score (nSPS) is 44.9. The standard InChI is InChI=1S/C30H50O/c1-8-24(19(2)3)20(4)17-21(5)26-11-12-27-25-10-9-22-18-23(31)13-15-29(22,6)28(25)14-16-30(26,27)7/h8-9,19-21,23,25-28,31H,10-18H2,1-7H3/b24-8+/t20?,21-,23+,25?,26-,27?,28?,29+,30-/m1/s1. The van der Waals surface area contributed by atoms with Crippen molar-refractivity contribution in [3.05, 3.63) is 23.3 Å². The molecule has 176 valence electrons. The Balaban J connectivity index is 1.51. The van der Waals surface area contributed by atoms with Gasteiger partial charge >= 0.3 is 0 Å². The lowest BCUT2D eigenvalue weighted by Gasteiger charge is -2.58. The molecule has 0 aliphatic heterocycles. The molecule has 0 radical (unpaired) electrons. The topological polar surface area (TPSA) is 20.2 Å². The molecule has 1 heteroatoms. The molecule has 4 rings (SSSR count). The lowest BCUT2D eigenvalue weighted by molar-refractivity contribution is -0.0577. The van der Waals surface area contributed by atoms with Gasteiger partial charge in [-0.1, -0.05) is 64.8 Å². The highest BCUT2D eigenvalue weighted by molar-refractivity contribution is 5.25. The number of rotatable bonds is 5. The van der Waals surface area contributed by atoms with E-state index >= 15 is 0 Å². The van der Waals surface area contributed by atoms with E-state index in [1.807, 2.05) is 0 Å². The second kappa shape index (κ2) is 8.66. The molecule has 4 unspecified atom stereocenters. The molecule has 0 heterocycles. The monoisotopic (exact) mass is 426 g/mol. The average Bonchev–Trinajstić information content (AvgIpc) is 3.06. The minimum absolute atomic E-state index is 0.0867. The molecule has 4 aliphatic carbocycles. The summed E-state index contributed by atoms with van der Waals surface area (Å²) < 4.78 is 0. The van der Waals surface area contributed by atoms with E-state index in [9.17, 15) is 5.11 Å². The van der Waals surface area contributed by atoms with Gasteiger partial charge in [0.15, 0.2) is 0 Å². The van der Waals surface area contributed by atoms with E-state index in [0.717, 1.165) is 42.4 Å². The van der Waals surface area contributed by atoms with Crippen LogP contribution in [0.2, 0.25) is 0 Å². The highest BCUT2D eigenvalue weighted by atomic mass is 16.3. The van der Waals surface area contributed by atoms with E-state index in [1.54, 1.807) is 11.1 Å². The van der Waals surface area contributed by atoms with Crippen LogP contribution in [0, 0.1) is 52.3 Å². The number of hydrogen-bond acceptors (Lipinski definition) is 1. The summed E-state index contributed by atoms with van der Waals surface area (Å²) in [5.41, 5.74) is 4.19. The first-order valence-electron chi connectivity index (χ1n) is 13.7. The Hall–Kier alpha value is -0.560. The van der Waals surface area contributed by atoms with Gasteiger partial charge in [-0.25, -0.2) is 0 Å². The van der Waals surface area contributed by atoms with Crippen molar-refractivity contribution < 1.29 is 5.11 Å². The van der Waals surface area contributed by atoms with Gasteiger partial charge < -0.3 is 5.11 Å². The SMILES string of the molecule is C/C=C(\C(C)C)C(C)C[C@@H](C)[C@H]1CCC2C3CC=C4C[C@@H](O)CC[C@]4(C)C3CC[C@@]21C. The second-order valence-electron chi connectivity index (χ2n) is 12.9. The zero-order chi connectivity index (χ0) is 22.6. The van der Waals surface area contributed by atoms with Gasteiger partial charge in [0, 0.05) is 0 Å². The van der Waals surface area contributed by atoms with E-state index < -0.39 is 0 Å². The summed E-state index contributed by atoms with van der Waals surface area (Å²) in [4.78, 5) is 0. The first-order valence-corrected chi connectivity index (χ1v) is 13.7. The molecule has 4 aliphatic rings. The highest BCUT2D eigenvalue weighted by Gasteiger charge is 2.59. The summed E-state index contributed by atoms with van der Waals surface area (Å²) in [6.45, 7) is 17.3. The van der Waals surface area contributed by atoms with Crippen molar-refractivity contribution in [2.24, 2.45) is 52.3 Å². The van der Waals surface area contributed by atoms with Gasteiger partial charge in [-0.3, -0.25) is 0 Å². The minimum atomic E-state index is -0.0867. The summed E-state index contributed by atoms with van der Waals surface area (Å²) in [6, 6.07) is 0. The molecular formula is C30H50O. The minimum Gasteiger partial charge on any atom is -0.393 e. The lowest BCUT2D eigenvalue weighted by atomic mass is 9.47. The van der Waals surface area contributed by atoms with Crippen LogP contribution in [0.3, 0.4) is 0 Å². The smallest absolute Gasteiger partial charge is 0.0577 e. The van der Waals surface area contributed by atoms with Crippen LogP contribution in [0.4, 0.5) is 0 Å². The van der Waals surface area contributed by atoms with Gasteiger partial charge in [-0.15, -0.1) is 0 Å². The molecule has 31 heavy (non-hydrogen) atoms. The summed E-state index contributed by atoms with van der Waals surface area (Å²) >= 11 is 0. The summed E-state index contributed by atoms with van der Waals surface area (Å²) in [5.74, 6) is 5.78. The largest absolute Gasteiger partial charge is 0.393 e. The van der Waals surface area contributed by atoms with Crippen molar-refractivity contribution in [2.45, 2.75) is 112 Å². The van der Waals surface area contributed by atoms with Crippen LogP contribution in [0.5, 0.6) is 0 Å². The van der Waals surface area contributed by atoms with Crippen molar-refractivity contribution >= 4 is 0 Å². The summed E-state index contributed by atoms with van der Waals surface area (Å²) in [5, 5.41) is 10.3. The molecule has 3 saturated carbocycles. The van der Waals surface area contributed by atoms with Gasteiger partial charge in [0.2, 0.25) is 0 Å². The molecule has 1 nitrogen and oxygen atoms in total. The third-order valence-corrected chi connectivity index (χ3v) is 11.1. The van der Waals surface area contributed by atoms with Crippen LogP contribution in [0.25, 0.3) is 0 Å². The van der Waals surface area contributed by atoms with Crippen molar-refractivity contribution in [3.63, 3.8) is 0 Å². The predicted octanol–water partition coefficient (Wildman–Crippen LogP) is 8.19. The van der Waals surface area contributed by atoms with E-state index in [1.165, 1.54) is 44.9 Å². The van der Waals surface area contributed by atoms with Gasteiger partial charge in [-0.2, -0.15) is 0 Å². The second-order valence-corrected chi connectivity index (χ2v) is 12.9. The first-order chi connectivity index (χ1) is 14.6. The predicted molar refractivity (Wildman–Crippen MR) is 133 cm³/mol. The van der Waals surface area contributed by atoms with Crippen LogP contribution in [0.15, 0.2) is 23.3 Å². The number of aliphatic hydroxyl groups excluding tert-OH is 1. The molecule has 1 N–H and O–H groups in total. The Bertz CT molecular complexity index is 716. The molecule has 9 atom stereocenters. The number of fused-ring (bicyclic) bond motifs is 5. The summed E-state index contributed by atoms with van der Waals surface area (Å²) in [7, 11) is 0. The quantitative estimate of drug-likeness (QED) is 0.439. The first kappa shape index (κ1) is 23.6. The molecular weight excluding hydrogens is 376 g/mol. The molecule has 0 amide bonds. The molecule has 3 fully saturated rings. The zero-order valence-electron chi connectivity index (χ0n) is 21.6. The molecule has 0 aromatic heterocycles. The Kier molecular flexibility index (Phi) is 6.59. The van der Waals surface area contributed by atoms with Gasteiger partial charge in [0.1, 0.15) is 0 Å². The van der Waals surface area contributed by atoms with Gasteiger partial charge in [0.05, 0.1) is 6.10 Å². The van der Waals surface area contributed by atoms with Crippen molar-refractivity contribution in [3.8, 4) is 0 Å². The Morgan fingerprint density at radius 1 is 1.06 bits per heavy atom. The third kappa shape index (κ3) is 3.89. The lowest BCUT2D eigenvalue weighted by Crippen LogP contribution is -2.50. The molecule has 0 aromatic rings. The van der Waals surface area contributed by atoms with Crippen LogP contribution in [-0.4, -0.2) is 11.2 Å². The average molecular weight is 427 g/mol. The van der Waals surface area contributed by atoms with Crippen LogP contribution in [0.1, 0.15) is 106 Å². The van der Waals surface area contributed by atoms with Crippen LogP contribution >= 0.6 is 0 Å². The number of aliphatic hydroxyl groups is 1. The Morgan fingerprint density at radius 3 is 2.48 bits per heavy atom. The Labute approximate surface area is 193 Å². The molecule has 0 bridgehead atoms. The zero-order valence-corrected chi connectivity index (χ0v) is 21.6. The fraction of sp³-hybridized carbons (Fsp3) is 0.867. The molecule has 0 spiro atoms. The molecule has 0 saturated heterocycles. The number of allylic oxidation sites excluding steroid dienone is 3. The van der Waals surface area contributed by atoms with Gasteiger partial charge in [0.25, 0.3) is 0 Å². The van der Waals surface area contributed by atoms with E-state index in [0.29, 0.717) is 22.7 Å². The van der Waals surface area contributed by atoms with Crippen molar-refractivity contribution in [1.29, 1.82) is 0 Å². The highest BCUT2D eigenvalue weighted by Crippen LogP contribution is 2.67. The van der Waals surface area contributed by atoms with Crippen molar-refractivity contribution in [1.82, 2.24) is 0 Å². The third-order valence-electron chi connectivity index (χ3n) is 11.1. The maximum absolute atomic E-state index is 10.3. The Morgan fingerprint density at radius 2 is 1.81 bits per heavy atom. The van der Waals surface area contributed by atoms with Crippen molar-refractivity contribution in [2.75, 3.05) is 0 Å². The van der Waals surface area contributed by atoms with Gasteiger partial charge in [-0.05, 0) is 117 Å². The number of hydrogen-bond donors (Lipinski definition) is 1. The van der Waals surface area contributed by atoms with E-state index in [2.05, 4.69) is 60.6 Å². The van der Waals surface area contributed by atoms with E-state index in [4.69, 9.17) is 0 Å². The maximum Gasteiger partial charge on any atom is 0.0577 e. The summed E-state index contributed by atoms with van der Waals surface area (Å²) in [6.07, 6.45) is 16.5. The van der Waals surface area contributed by atoms with Crippen LogP contribution in [-0.2, 0) is 0 Å². The fourth-order valence-electron chi connectivity index (χ4n) is 9.66. The van der Waals surface area contributed by atoms with E-state index in [-0.39, 0.29) is 6.10 Å². The van der Waals surface area contributed by atoms with Crippen LogP contribution < -0.4 is 0 Å². The maximum atomic E-state index is 10.3.